The van der Waals surface area contributed by atoms with Crippen LogP contribution in [0.2, 0.25) is 0 Å². The average Bonchev–Trinajstić information content (AvgIpc) is 2.93. The van der Waals surface area contributed by atoms with Crippen molar-refractivity contribution in [3.05, 3.63) is 0 Å². The first-order valence-electron chi connectivity index (χ1n) is 8.44. The maximum Gasteiger partial charge on any atom is 0.222 e. The molecule has 6 nitrogen and oxygen atoms in total. The molecule has 2 N–H and O–H groups in total. The lowest BCUT2D eigenvalue weighted by Crippen LogP contribution is -2.61. The van der Waals surface area contributed by atoms with E-state index in [1.165, 1.54) is 0 Å². The van der Waals surface area contributed by atoms with Gasteiger partial charge in [-0.05, 0) is 25.7 Å². The number of rotatable bonds is 4. The van der Waals surface area contributed by atoms with Gasteiger partial charge in [-0.1, -0.05) is 0 Å². The van der Waals surface area contributed by atoms with Crippen LogP contribution in [0, 0.1) is 5.41 Å². The van der Waals surface area contributed by atoms with Gasteiger partial charge in [0.05, 0.1) is 12.2 Å². The highest BCUT2D eigenvalue weighted by molar-refractivity contribution is 5.78. The maximum atomic E-state index is 12.2. The second-order valence-electron chi connectivity index (χ2n) is 6.97. The summed E-state index contributed by atoms with van der Waals surface area (Å²) in [7, 11) is 0. The van der Waals surface area contributed by atoms with Crippen molar-refractivity contribution >= 4 is 11.8 Å². The van der Waals surface area contributed by atoms with Crippen LogP contribution in [0.5, 0.6) is 0 Å². The van der Waals surface area contributed by atoms with Gasteiger partial charge in [-0.2, -0.15) is 0 Å². The third-order valence-electron chi connectivity index (χ3n) is 5.81. The number of aliphatic hydroxyl groups excluding tert-OH is 2. The number of carbonyl (C=O) groups is 2. The number of carbonyl (C=O) groups excluding carboxylic acids is 2. The zero-order valence-corrected chi connectivity index (χ0v) is 13.0. The van der Waals surface area contributed by atoms with E-state index in [-0.39, 0.29) is 17.2 Å². The first-order chi connectivity index (χ1) is 10.5. The zero-order chi connectivity index (χ0) is 15.7. The van der Waals surface area contributed by atoms with E-state index in [0.29, 0.717) is 51.7 Å². The summed E-state index contributed by atoms with van der Waals surface area (Å²) in [5.41, 5.74) is -0.362. The topological polar surface area (TPSA) is 81.1 Å². The summed E-state index contributed by atoms with van der Waals surface area (Å²) in [6.07, 6.45) is 3.79. The van der Waals surface area contributed by atoms with Crippen LogP contribution in [0.15, 0.2) is 0 Å². The van der Waals surface area contributed by atoms with E-state index in [4.69, 9.17) is 0 Å². The third-order valence-corrected chi connectivity index (χ3v) is 5.81. The monoisotopic (exact) mass is 310 g/mol. The molecular formula is C16H26N2O4. The third kappa shape index (κ3) is 2.74. The highest BCUT2D eigenvalue weighted by Crippen LogP contribution is 2.49. The van der Waals surface area contributed by atoms with Crippen molar-refractivity contribution in [2.24, 2.45) is 5.41 Å². The highest BCUT2D eigenvalue weighted by Gasteiger charge is 2.55. The lowest BCUT2D eigenvalue weighted by molar-refractivity contribution is -0.191. The summed E-state index contributed by atoms with van der Waals surface area (Å²) in [4.78, 5) is 27.4. The van der Waals surface area contributed by atoms with Crippen LogP contribution in [-0.4, -0.2) is 70.2 Å². The molecule has 0 radical (unpaired) electrons. The molecular weight excluding hydrogens is 284 g/mol. The van der Waals surface area contributed by atoms with Crippen molar-refractivity contribution in [2.75, 3.05) is 26.2 Å². The molecule has 1 spiro atoms. The Labute approximate surface area is 131 Å². The lowest BCUT2D eigenvalue weighted by Gasteiger charge is -2.55. The molecule has 2 aliphatic heterocycles. The quantitative estimate of drug-likeness (QED) is 0.773. The van der Waals surface area contributed by atoms with E-state index in [1.807, 2.05) is 9.80 Å². The van der Waals surface area contributed by atoms with Gasteiger partial charge in [-0.25, -0.2) is 0 Å². The Balaban J connectivity index is 1.40. The Hall–Kier alpha value is -1.14. The van der Waals surface area contributed by atoms with E-state index >= 15 is 0 Å². The minimum atomic E-state index is -0.416. The molecule has 0 bridgehead atoms. The van der Waals surface area contributed by atoms with E-state index in [0.717, 1.165) is 19.4 Å². The van der Waals surface area contributed by atoms with Crippen LogP contribution in [-0.2, 0) is 9.59 Å². The molecule has 22 heavy (non-hydrogen) atoms. The number of hydrogen-bond acceptors (Lipinski definition) is 4. The Bertz CT molecular complexity index is 435. The molecule has 1 saturated carbocycles. The van der Waals surface area contributed by atoms with Gasteiger partial charge in [0.2, 0.25) is 11.8 Å². The molecule has 124 valence electrons. The first-order valence-corrected chi connectivity index (χ1v) is 8.44. The predicted octanol–water partition coefficient (Wildman–Crippen LogP) is 0.123. The van der Waals surface area contributed by atoms with Gasteiger partial charge in [0, 0.05) is 50.9 Å². The summed E-state index contributed by atoms with van der Waals surface area (Å²) in [6.45, 7) is 2.75. The number of nitrogens with zero attached hydrogens (tertiary/aromatic N) is 2. The van der Waals surface area contributed by atoms with E-state index in [9.17, 15) is 19.8 Å². The maximum absolute atomic E-state index is 12.2. The molecule has 2 atom stereocenters. The molecule has 2 saturated heterocycles. The molecule has 2 amide bonds. The van der Waals surface area contributed by atoms with Crippen molar-refractivity contribution in [1.29, 1.82) is 0 Å². The molecule has 2 heterocycles. The first kappa shape index (κ1) is 15.7. The summed E-state index contributed by atoms with van der Waals surface area (Å²) in [5, 5.41) is 19.8. The van der Waals surface area contributed by atoms with Gasteiger partial charge >= 0.3 is 0 Å². The van der Waals surface area contributed by atoms with Crippen molar-refractivity contribution in [2.45, 2.75) is 57.2 Å². The summed E-state index contributed by atoms with van der Waals surface area (Å²) < 4.78 is 0. The SMILES string of the molecule is O=C1CCCN1CCCC(=O)N1CCC2(CC1)[C@H](O)C[C@@H]2O. The fourth-order valence-corrected chi connectivity index (χ4v) is 4.10. The van der Waals surface area contributed by atoms with Gasteiger partial charge in [0.1, 0.15) is 0 Å². The molecule has 0 aromatic carbocycles. The molecule has 3 rings (SSSR count). The van der Waals surface area contributed by atoms with Crippen molar-refractivity contribution in [1.82, 2.24) is 9.80 Å². The molecule has 0 aromatic rings. The summed E-state index contributed by atoms with van der Waals surface area (Å²) in [6, 6.07) is 0. The van der Waals surface area contributed by atoms with Gasteiger partial charge in [-0.3, -0.25) is 9.59 Å². The number of aliphatic hydroxyl groups is 2. The lowest BCUT2D eigenvalue weighted by atomic mass is 9.58. The van der Waals surface area contributed by atoms with Crippen molar-refractivity contribution < 1.29 is 19.8 Å². The standard InChI is InChI=1S/C16H26N2O4/c19-12-11-13(20)16(12)5-9-18(10-6-16)15(22)4-2-8-17-7-1-3-14(17)21/h12-13,19-20H,1-11H2/t12-,13+. The summed E-state index contributed by atoms with van der Waals surface area (Å²) in [5.74, 6) is 0.338. The van der Waals surface area contributed by atoms with Gasteiger partial charge in [0.25, 0.3) is 0 Å². The molecule has 3 fully saturated rings. The highest BCUT2D eigenvalue weighted by atomic mass is 16.3. The van der Waals surface area contributed by atoms with Crippen LogP contribution >= 0.6 is 0 Å². The van der Waals surface area contributed by atoms with E-state index in [1.54, 1.807) is 0 Å². The minimum absolute atomic E-state index is 0.129. The van der Waals surface area contributed by atoms with Crippen LogP contribution in [0.4, 0.5) is 0 Å². The van der Waals surface area contributed by atoms with Gasteiger partial charge in [-0.15, -0.1) is 0 Å². The van der Waals surface area contributed by atoms with E-state index < -0.39 is 12.2 Å². The average molecular weight is 310 g/mol. The number of amides is 2. The Kier molecular flexibility index (Phi) is 4.41. The predicted molar refractivity (Wildman–Crippen MR) is 79.9 cm³/mol. The Morgan fingerprint density at radius 1 is 1.18 bits per heavy atom. The molecule has 0 unspecified atom stereocenters. The van der Waals surface area contributed by atoms with E-state index in [2.05, 4.69) is 0 Å². The number of hydrogen-bond donors (Lipinski definition) is 2. The Morgan fingerprint density at radius 2 is 1.86 bits per heavy atom. The summed E-state index contributed by atoms with van der Waals surface area (Å²) >= 11 is 0. The normalized spacial score (nSPS) is 30.7. The van der Waals surface area contributed by atoms with Crippen LogP contribution in [0.3, 0.4) is 0 Å². The molecule has 1 aliphatic carbocycles. The van der Waals surface area contributed by atoms with Crippen molar-refractivity contribution in [3.63, 3.8) is 0 Å². The largest absolute Gasteiger partial charge is 0.392 e. The fraction of sp³-hybridized carbons (Fsp3) is 0.875. The zero-order valence-electron chi connectivity index (χ0n) is 13.0. The smallest absolute Gasteiger partial charge is 0.222 e. The van der Waals surface area contributed by atoms with Crippen LogP contribution in [0.25, 0.3) is 0 Å². The minimum Gasteiger partial charge on any atom is -0.392 e. The molecule has 0 aromatic heterocycles. The van der Waals surface area contributed by atoms with Crippen molar-refractivity contribution in [3.8, 4) is 0 Å². The van der Waals surface area contributed by atoms with Gasteiger partial charge < -0.3 is 20.0 Å². The Morgan fingerprint density at radius 3 is 2.41 bits per heavy atom. The number of likely N-dealkylation sites (tertiary alicyclic amines) is 2. The van der Waals surface area contributed by atoms with Gasteiger partial charge in [0.15, 0.2) is 0 Å². The second kappa shape index (κ2) is 6.16. The van der Waals surface area contributed by atoms with Crippen LogP contribution in [0.1, 0.15) is 44.9 Å². The number of piperidine rings is 1. The molecule has 6 heteroatoms. The van der Waals surface area contributed by atoms with Crippen LogP contribution < -0.4 is 0 Å². The molecule has 3 aliphatic rings. The second-order valence-corrected chi connectivity index (χ2v) is 6.97. The fourth-order valence-electron chi connectivity index (χ4n) is 4.10.